The van der Waals surface area contributed by atoms with Crippen LogP contribution < -0.4 is 10.2 Å². The molecule has 2 aromatic carbocycles. The third kappa shape index (κ3) is 4.01. The van der Waals surface area contributed by atoms with Gasteiger partial charge in [-0.05, 0) is 52.2 Å². The minimum Gasteiger partial charge on any atom is -0.353 e. The molecule has 0 saturated carbocycles. The lowest BCUT2D eigenvalue weighted by atomic mass is 10.1. The number of halogens is 2. The Bertz CT molecular complexity index is 957. The second-order valence-corrected chi connectivity index (χ2v) is 7.82. The van der Waals surface area contributed by atoms with E-state index in [1.165, 1.54) is 0 Å². The molecule has 1 amide bonds. The number of nitrogens with one attached hydrogen (secondary N) is 2. The molecule has 3 aromatic rings. The number of aromatic nitrogens is 2. The number of benzene rings is 2. The van der Waals surface area contributed by atoms with E-state index in [2.05, 4.69) is 36.3 Å². The summed E-state index contributed by atoms with van der Waals surface area (Å²) in [6.45, 7) is 1.59. The molecule has 2 N–H and O–H groups in total. The smallest absolute Gasteiger partial charge is 0.252 e. The van der Waals surface area contributed by atoms with Gasteiger partial charge in [-0.15, -0.1) is 0 Å². The molecule has 1 atom stereocenters. The van der Waals surface area contributed by atoms with Crippen molar-refractivity contribution in [1.82, 2.24) is 15.5 Å². The molecule has 5 nitrogen and oxygen atoms in total. The number of carbonyl (C=O) groups excluding carboxylic acids is 1. The van der Waals surface area contributed by atoms with Crippen LogP contribution >= 0.6 is 27.5 Å². The molecule has 0 radical (unpaired) electrons. The highest BCUT2D eigenvalue weighted by Gasteiger charge is 2.26. The normalized spacial score (nSPS) is 16.5. The maximum absolute atomic E-state index is 12.5. The first-order valence-corrected chi connectivity index (χ1v) is 9.89. The molecule has 138 valence electrons. The molecule has 0 unspecified atom stereocenters. The van der Waals surface area contributed by atoms with Crippen molar-refractivity contribution in [2.45, 2.75) is 12.5 Å². The molecule has 2 heterocycles. The zero-order valence-corrected chi connectivity index (χ0v) is 16.8. The Morgan fingerprint density at radius 1 is 1.22 bits per heavy atom. The fourth-order valence-electron chi connectivity index (χ4n) is 3.25. The number of rotatable bonds is 4. The second kappa shape index (κ2) is 7.74. The maximum Gasteiger partial charge on any atom is 0.252 e. The van der Waals surface area contributed by atoms with Gasteiger partial charge in [0.05, 0.1) is 11.3 Å². The zero-order chi connectivity index (χ0) is 18.8. The van der Waals surface area contributed by atoms with Gasteiger partial charge >= 0.3 is 0 Å². The summed E-state index contributed by atoms with van der Waals surface area (Å²) in [6, 6.07) is 17.2. The van der Waals surface area contributed by atoms with E-state index in [-0.39, 0.29) is 11.9 Å². The van der Waals surface area contributed by atoms with Crippen molar-refractivity contribution in [1.29, 1.82) is 0 Å². The van der Waals surface area contributed by atoms with Crippen LogP contribution in [0.3, 0.4) is 0 Å². The van der Waals surface area contributed by atoms with Crippen molar-refractivity contribution in [2.75, 3.05) is 18.0 Å². The third-order valence-electron chi connectivity index (χ3n) is 4.69. The zero-order valence-electron chi connectivity index (χ0n) is 14.5. The topological polar surface area (TPSA) is 61.0 Å². The molecule has 7 heteroatoms. The predicted octanol–water partition coefficient (Wildman–Crippen LogP) is 4.50. The van der Waals surface area contributed by atoms with E-state index >= 15 is 0 Å². The fraction of sp³-hybridized carbons (Fsp3) is 0.200. The third-order valence-corrected chi connectivity index (χ3v) is 5.63. The summed E-state index contributed by atoms with van der Waals surface area (Å²) in [5.41, 5.74) is 2.64. The molecule has 4 rings (SSSR count). The molecule has 1 fully saturated rings. The summed E-state index contributed by atoms with van der Waals surface area (Å²) in [7, 11) is 0. The van der Waals surface area contributed by atoms with Gasteiger partial charge < -0.3 is 10.2 Å². The second-order valence-electron chi connectivity index (χ2n) is 6.53. The number of nitrogens with zero attached hydrogens (tertiary/aromatic N) is 2. The van der Waals surface area contributed by atoms with Crippen molar-refractivity contribution in [2.24, 2.45) is 0 Å². The molecule has 0 aliphatic carbocycles. The van der Waals surface area contributed by atoms with Crippen LogP contribution in [-0.4, -0.2) is 35.2 Å². The summed E-state index contributed by atoms with van der Waals surface area (Å²) in [5, 5.41) is 11.3. The first-order valence-electron chi connectivity index (χ1n) is 8.72. The number of H-pyrrole nitrogens is 1. The highest BCUT2D eigenvalue weighted by molar-refractivity contribution is 9.10. The van der Waals surface area contributed by atoms with E-state index in [1.54, 1.807) is 0 Å². The van der Waals surface area contributed by atoms with E-state index in [0.717, 1.165) is 41.1 Å². The Morgan fingerprint density at radius 3 is 2.78 bits per heavy atom. The lowest BCUT2D eigenvalue weighted by Gasteiger charge is -2.16. The minimum atomic E-state index is -0.0572. The van der Waals surface area contributed by atoms with Crippen molar-refractivity contribution in [3.05, 3.63) is 69.7 Å². The van der Waals surface area contributed by atoms with Crippen LogP contribution in [0.25, 0.3) is 11.3 Å². The molecule has 27 heavy (non-hydrogen) atoms. The SMILES string of the molecule is O=C(N[C@@H]1CCN(c2cc(-c3ccc(Cl)cc3)[nH]n2)C1)c1ccccc1Br. The van der Waals surface area contributed by atoms with Crippen LogP contribution in [0.5, 0.6) is 0 Å². The van der Waals surface area contributed by atoms with E-state index < -0.39 is 0 Å². The molecule has 1 aromatic heterocycles. The van der Waals surface area contributed by atoms with Crippen molar-refractivity contribution >= 4 is 39.3 Å². The van der Waals surface area contributed by atoms with Gasteiger partial charge in [0.1, 0.15) is 0 Å². The Kier molecular flexibility index (Phi) is 5.18. The van der Waals surface area contributed by atoms with Gasteiger partial charge in [0.2, 0.25) is 0 Å². The van der Waals surface area contributed by atoms with E-state index in [4.69, 9.17) is 11.6 Å². The highest BCUT2D eigenvalue weighted by atomic mass is 79.9. The summed E-state index contributed by atoms with van der Waals surface area (Å²) in [5.74, 6) is 0.829. The quantitative estimate of drug-likeness (QED) is 0.621. The lowest BCUT2D eigenvalue weighted by molar-refractivity contribution is 0.0939. The van der Waals surface area contributed by atoms with Crippen LogP contribution in [-0.2, 0) is 0 Å². The van der Waals surface area contributed by atoms with Crippen molar-refractivity contribution in [3.8, 4) is 11.3 Å². The number of aromatic amines is 1. The monoisotopic (exact) mass is 444 g/mol. The van der Waals surface area contributed by atoms with Gasteiger partial charge in [0, 0.05) is 34.7 Å². The molecule has 1 saturated heterocycles. The first kappa shape index (κ1) is 18.1. The molecule has 0 spiro atoms. The lowest BCUT2D eigenvalue weighted by Crippen LogP contribution is -2.37. The van der Waals surface area contributed by atoms with E-state index in [1.807, 2.05) is 54.6 Å². The maximum atomic E-state index is 12.5. The summed E-state index contributed by atoms with van der Waals surface area (Å²) < 4.78 is 0.803. The van der Waals surface area contributed by atoms with E-state index in [0.29, 0.717) is 10.6 Å². The van der Waals surface area contributed by atoms with E-state index in [9.17, 15) is 4.79 Å². The average Bonchev–Trinajstić information content (AvgIpc) is 3.32. The van der Waals surface area contributed by atoms with Gasteiger partial charge in [0.15, 0.2) is 5.82 Å². The van der Waals surface area contributed by atoms with Crippen LogP contribution in [0, 0.1) is 0 Å². The molecular formula is C20H18BrClN4O. The average molecular weight is 446 g/mol. The molecule has 0 bridgehead atoms. The standard InChI is InChI=1S/C20H18BrClN4O/c21-17-4-2-1-3-16(17)20(27)23-15-9-10-26(12-15)19-11-18(24-25-19)13-5-7-14(22)8-6-13/h1-8,11,15H,9-10,12H2,(H,23,27)(H,24,25)/t15-/m1/s1. The van der Waals surface area contributed by atoms with Crippen LogP contribution in [0.2, 0.25) is 5.02 Å². The van der Waals surface area contributed by atoms with Gasteiger partial charge in [-0.3, -0.25) is 9.89 Å². The van der Waals surface area contributed by atoms with Gasteiger partial charge in [-0.2, -0.15) is 5.10 Å². The summed E-state index contributed by atoms with van der Waals surface area (Å²) in [4.78, 5) is 14.7. The Hall–Kier alpha value is -2.31. The van der Waals surface area contributed by atoms with Crippen molar-refractivity contribution in [3.63, 3.8) is 0 Å². The van der Waals surface area contributed by atoms with Crippen LogP contribution in [0.1, 0.15) is 16.8 Å². The molecular weight excluding hydrogens is 428 g/mol. The summed E-state index contributed by atoms with van der Waals surface area (Å²) >= 11 is 9.38. The molecule has 1 aliphatic heterocycles. The Morgan fingerprint density at radius 2 is 2.00 bits per heavy atom. The largest absolute Gasteiger partial charge is 0.353 e. The number of amides is 1. The minimum absolute atomic E-state index is 0.0572. The number of hydrogen-bond donors (Lipinski definition) is 2. The molecule has 1 aliphatic rings. The Balaban J connectivity index is 1.40. The van der Waals surface area contributed by atoms with Crippen molar-refractivity contribution < 1.29 is 4.79 Å². The van der Waals surface area contributed by atoms with Crippen LogP contribution in [0.4, 0.5) is 5.82 Å². The number of carbonyl (C=O) groups is 1. The highest BCUT2D eigenvalue weighted by Crippen LogP contribution is 2.25. The number of anilines is 1. The van der Waals surface area contributed by atoms with Crippen LogP contribution in [0.15, 0.2) is 59.1 Å². The van der Waals surface area contributed by atoms with Gasteiger partial charge in [-0.1, -0.05) is 35.9 Å². The number of hydrogen-bond acceptors (Lipinski definition) is 3. The fourth-order valence-corrected chi connectivity index (χ4v) is 3.84. The summed E-state index contributed by atoms with van der Waals surface area (Å²) in [6.07, 6.45) is 0.888. The predicted molar refractivity (Wildman–Crippen MR) is 111 cm³/mol. The Labute approximate surface area is 170 Å². The first-order chi connectivity index (χ1) is 13.1. The van der Waals surface area contributed by atoms with Gasteiger partial charge in [-0.25, -0.2) is 0 Å². The van der Waals surface area contributed by atoms with Gasteiger partial charge in [0.25, 0.3) is 5.91 Å².